The number of aryl methyl sites for hydroxylation is 1. The van der Waals surface area contributed by atoms with Gasteiger partial charge in [-0.2, -0.15) is 0 Å². The summed E-state index contributed by atoms with van der Waals surface area (Å²) in [6, 6.07) is 17.4. The summed E-state index contributed by atoms with van der Waals surface area (Å²) in [6.45, 7) is 3.70. The fourth-order valence-corrected chi connectivity index (χ4v) is 4.49. The zero-order valence-corrected chi connectivity index (χ0v) is 21.6. The Balaban J connectivity index is 1.25. The summed E-state index contributed by atoms with van der Waals surface area (Å²) in [5.74, 6) is 1.73. The van der Waals surface area contributed by atoms with Crippen molar-refractivity contribution in [1.82, 2.24) is 24.8 Å². The molecule has 9 heteroatoms. The third-order valence-corrected chi connectivity index (χ3v) is 6.60. The molecule has 2 aromatic carbocycles. The van der Waals surface area contributed by atoms with E-state index >= 15 is 0 Å². The third-order valence-electron chi connectivity index (χ3n) is 6.60. The zero-order chi connectivity index (χ0) is 25.8. The van der Waals surface area contributed by atoms with E-state index in [1.807, 2.05) is 56.0 Å². The molecular weight excluding hydrogens is 466 g/mol. The van der Waals surface area contributed by atoms with Crippen molar-refractivity contribution in [2.45, 2.75) is 12.8 Å². The van der Waals surface area contributed by atoms with Gasteiger partial charge in [-0.15, -0.1) is 0 Å². The Bertz CT molecular complexity index is 1380. The molecule has 0 aliphatic carbocycles. The highest BCUT2D eigenvalue weighted by atomic mass is 16.5. The molecule has 5 rings (SSSR count). The van der Waals surface area contributed by atoms with Gasteiger partial charge in [0.15, 0.2) is 0 Å². The maximum absolute atomic E-state index is 12.6. The van der Waals surface area contributed by atoms with Gasteiger partial charge < -0.3 is 29.7 Å². The van der Waals surface area contributed by atoms with Gasteiger partial charge in [0.25, 0.3) is 5.91 Å². The van der Waals surface area contributed by atoms with Crippen molar-refractivity contribution in [1.29, 1.82) is 0 Å². The van der Waals surface area contributed by atoms with Crippen molar-refractivity contribution in [3.05, 3.63) is 66.5 Å². The first-order chi connectivity index (χ1) is 18.0. The second kappa shape index (κ2) is 10.9. The number of hydrogen-bond acceptors (Lipinski definition) is 7. The van der Waals surface area contributed by atoms with Gasteiger partial charge in [-0.1, -0.05) is 0 Å². The Labute approximate surface area is 217 Å². The normalized spacial score (nSPS) is 13.6. The first kappa shape index (κ1) is 24.6. The van der Waals surface area contributed by atoms with Crippen molar-refractivity contribution < 1.29 is 9.53 Å². The average Bonchev–Trinajstić information content (AvgIpc) is 3.52. The smallest absolute Gasteiger partial charge is 0.270 e. The van der Waals surface area contributed by atoms with Gasteiger partial charge in [0.05, 0.1) is 11.0 Å². The quantitative estimate of drug-likeness (QED) is 0.353. The lowest BCUT2D eigenvalue weighted by molar-refractivity contribution is 0.0944. The molecule has 0 bridgehead atoms. The maximum Gasteiger partial charge on any atom is 0.270 e. The van der Waals surface area contributed by atoms with Crippen molar-refractivity contribution >= 4 is 34.3 Å². The molecule has 0 spiro atoms. The molecule has 9 nitrogen and oxygen atoms in total. The van der Waals surface area contributed by atoms with Crippen LogP contribution in [0.5, 0.6) is 11.5 Å². The summed E-state index contributed by atoms with van der Waals surface area (Å²) in [4.78, 5) is 26.0. The molecule has 1 saturated heterocycles. The van der Waals surface area contributed by atoms with E-state index in [0.717, 1.165) is 48.0 Å². The summed E-state index contributed by atoms with van der Waals surface area (Å²) >= 11 is 0. The van der Waals surface area contributed by atoms with Crippen LogP contribution in [0.4, 0.5) is 17.3 Å². The van der Waals surface area contributed by atoms with Crippen LogP contribution < -0.4 is 20.3 Å². The molecule has 4 aromatic rings. The second-order valence-electron chi connectivity index (χ2n) is 9.49. The molecule has 0 atom stereocenters. The van der Waals surface area contributed by atoms with E-state index in [4.69, 9.17) is 9.72 Å². The van der Waals surface area contributed by atoms with Crippen LogP contribution >= 0.6 is 0 Å². The van der Waals surface area contributed by atoms with Gasteiger partial charge in [-0.05, 0) is 68.4 Å². The van der Waals surface area contributed by atoms with Gasteiger partial charge in [0.2, 0.25) is 5.95 Å². The fourth-order valence-electron chi connectivity index (χ4n) is 4.49. The van der Waals surface area contributed by atoms with Crippen LogP contribution in [0.3, 0.4) is 0 Å². The van der Waals surface area contributed by atoms with E-state index in [1.54, 1.807) is 18.3 Å². The topological polar surface area (TPSA) is 87.5 Å². The number of fused-ring (bicyclic) bond motifs is 1. The number of pyridine rings is 1. The number of hydrogen-bond donors (Lipinski definition) is 2. The molecular formula is C28H33N7O2. The Hall–Kier alpha value is -4.11. The standard InChI is InChI=1S/C28H33N7O2/c1-33(2)21-8-6-20(7-9-21)31-28-32-24-18-22(10-11-26(24)34(28)3)37-23-12-13-29-25(19-23)27(36)30-14-17-35-15-4-5-16-35/h6-13,18-19H,4-5,14-17H2,1-3H3,(H,30,36)(H,31,32). The highest BCUT2D eigenvalue weighted by Crippen LogP contribution is 2.28. The van der Waals surface area contributed by atoms with Crippen LogP contribution in [0, 0.1) is 0 Å². The van der Waals surface area contributed by atoms with Gasteiger partial charge in [-0.25, -0.2) is 4.98 Å². The Kier molecular flexibility index (Phi) is 7.23. The van der Waals surface area contributed by atoms with Crippen LogP contribution in [0.1, 0.15) is 23.3 Å². The molecule has 1 aliphatic rings. The summed E-state index contributed by atoms with van der Waals surface area (Å²) in [6.07, 6.45) is 4.07. The van der Waals surface area contributed by atoms with Crippen molar-refractivity contribution in [2.75, 3.05) is 50.5 Å². The number of amides is 1. The number of nitrogens with zero attached hydrogens (tertiary/aromatic N) is 5. The molecule has 0 unspecified atom stereocenters. The van der Waals surface area contributed by atoms with Gasteiger partial charge >= 0.3 is 0 Å². The van der Waals surface area contributed by atoms with E-state index in [9.17, 15) is 4.79 Å². The second-order valence-corrected chi connectivity index (χ2v) is 9.49. The van der Waals surface area contributed by atoms with Crippen LogP contribution in [-0.4, -0.2) is 65.6 Å². The van der Waals surface area contributed by atoms with Crippen LogP contribution in [0.15, 0.2) is 60.8 Å². The van der Waals surface area contributed by atoms with Crippen LogP contribution in [0.25, 0.3) is 11.0 Å². The number of carbonyl (C=O) groups excluding carboxylic acids is 1. The number of ether oxygens (including phenoxy) is 1. The molecule has 1 amide bonds. The lowest BCUT2D eigenvalue weighted by atomic mass is 10.2. The Morgan fingerprint density at radius 1 is 1.03 bits per heavy atom. The van der Waals surface area contributed by atoms with Gasteiger partial charge in [0.1, 0.15) is 17.2 Å². The van der Waals surface area contributed by atoms with E-state index < -0.39 is 0 Å². The average molecular weight is 500 g/mol. The monoisotopic (exact) mass is 499 g/mol. The van der Waals surface area contributed by atoms with Crippen LogP contribution in [0.2, 0.25) is 0 Å². The minimum Gasteiger partial charge on any atom is -0.457 e. The number of benzene rings is 2. The highest BCUT2D eigenvalue weighted by Gasteiger charge is 2.14. The van der Waals surface area contributed by atoms with Crippen molar-refractivity contribution in [2.24, 2.45) is 7.05 Å². The first-order valence-corrected chi connectivity index (χ1v) is 12.6. The lowest BCUT2D eigenvalue weighted by Gasteiger charge is -2.14. The Morgan fingerprint density at radius 3 is 2.54 bits per heavy atom. The maximum atomic E-state index is 12.6. The number of imidazole rings is 1. The molecule has 2 N–H and O–H groups in total. The van der Waals surface area contributed by atoms with E-state index in [-0.39, 0.29) is 5.91 Å². The van der Waals surface area contributed by atoms with E-state index in [1.165, 1.54) is 12.8 Å². The molecule has 3 heterocycles. The molecule has 0 saturated carbocycles. The number of nitrogens with one attached hydrogen (secondary N) is 2. The number of anilines is 3. The molecule has 0 radical (unpaired) electrons. The Morgan fingerprint density at radius 2 is 1.78 bits per heavy atom. The van der Waals surface area contributed by atoms with Gasteiger partial charge in [0, 0.05) is 63.9 Å². The number of rotatable bonds is 9. The first-order valence-electron chi connectivity index (χ1n) is 12.6. The summed E-state index contributed by atoms with van der Waals surface area (Å²) in [5, 5.41) is 6.35. The molecule has 2 aromatic heterocycles. The molecule has 1 aliphatic heterocycles. The van der Waals surface area contributed by atoms with Crippen molar-refractivity contribution in [3.8, 4) is 11.5 Å². The number of aromatic nitrogens is 3. The minimum absolute atomic E-state index is 0.195. The highest BCUT2D eigenvalue weighted by molar-refractivity contribution is 5.92. The molecule has 192 valence electrons. The molecule has 37 heavy (non-hydrogen) atoms. The summed E-state index contributed by atoms with van der Waals surface area (Å²) < 4.78 is 8.07. The number of likely N-dealkylation sites (tertiary alicyclic amines) is 1. The molecule has 1 fully saturated rings. The lowest BCUT2D eigenvalue weighted by Crippen LogP contribution is -2.33. The summed E-state index contributed by atoms with van der Waals surface area (Å²) in [5.41, 5.74) is 4.22. The predicted octanol–water partition coefficient (Wildman–Crippen LogP) is 4.40. The predicted molar refractivity (Wildman–Crippen MR) is 147 cm³/mol. The van der Waals surface area contributed by atoms with Crippen molar-refractivity contribution in [3.63, 3.8) is 0 Å². The zero-order valence-electron chi connectivity index (χ0n) is 21.6. The largest absolute Gasteiger partial charge is 0.457 e. The summed E-state index contributed by atoms with van der Waals surface area (Å²) in [7, 11) is 6.01. The van der Waals surface area contributed by atoms with Gasteiger partial charge in [-0.3, -0.25) is 9.78 Å². The minimum atomic E-state index is -0.195. The number of carbonyl (C=O) groups is 1. The third kappa shape index (κ3) is 5.83. The van der Waals surface area contributed by atoms with E-state index in [0.29, 0.717) is 23.7 Å². The van der Waals surface area contributed by atoms with Crippen LogP contribution in [-0.2, 0) is 7.05 Å². The fraction of sp³-hybridized carbons (Fsp3) is 0.321. The van der Waals surface area contributed by atoms with E-state index in [2.05, 4.69) is 37.6 Å². The SMILES string of the molecule is CN(C)c1ccc(Nc2nc3cc(Oc4ccnc(C(=O)NCCN5CCCC5)c4)ccc3n2C)cc1.